The Morgan fingerprint density at radius 1 is 1.00 bits per heavy atom. The number of Topliss-reactive ketones (excluding diaryl/α,β-unsaturated/α-hetero) is 1. The Morgan fingerprint density at radius 2 is 1.68 bits per heavy atom. The minimum absolute atomic E-state index is 0.0160. The minimum Gasteiger partial charge on any atom is -0.294 e. The highest BCUT2D eigenvalue weighted by atomic mass is 19.4. The van der Waals surface area contributed by atoms with Crippen LogP contribution in [0, 0.1) is 10.1 Å². The number of ketones is 1. The molecule has 1 amide bonds. The highest BCUT2D eigenvalue weighted by Crippen LogP contribution is 2.47. The number of allylic oxidation sites excluding steroid dienone is 2. The first-order chi connectivity index (χ1) is 14.7. The normalized spacial score (nSPS) is 19.5. The summed E-state index contributed by atoms with van der Waals surface area (Å²) in [6.45, 7) is 0. The first kappa shape index (κ1) is 20.8. The van der Waals surface area contributed by atoms with Crippen LogP contribution in [0.5, 0.6) is 0 Å². The van der Waals surface area contributed by atoms with Gasteiger partial charge in [-0.05, 0) is 30.5 Å². The third-order valence-electron chi connectivity index (χ3n) is 5.64. The van der Waals surface area contributed by atoms with Gasteiger partial charge >= 0.3 is 6.18 Å². The number of rotatable bonds is 3. The molecule has 9 heteroatoms. The molecule has 2 aromatic carbocycles. The lowest BCUT2D eigenvalue weighted by molar-refractivity contribution is -0.384. The van der Waals surface area contributed by atoms with Gasteiger partial charge < -0.3 is 0 Å². The number of anilines is 1. The minimum atomic E-state index is -4.65. The number of alkyl halides is 3. The molecule has 0 N–H and O–H groups in total. The molecule has 0 saturated heterocycles. The second-order valence-electron chi connectivity index (χ2n) is 7.45. The Morgan fingerprint density at radius 3 is 2.39 bits per heavy atom. The van der Waals surface area contributed by atoms with Crippen LogP contribution < -0.4 is 4.90 Å². The summed E-state index contributed by atoms with van der Waals surface area (Å²) in [5.74, 6) is -1.96. The van der Waals surface area contributed by atoms with E-state index in [1.54, 1.807) is 0 Å². The number of nitro benzene ring substituents is 1. The van der Waals surface area contributed by atoms with E-state index in [0.29, 0.717) is 6.42 Å². The van der Waals surface area contributed by atoms with Gasteiger partial charge in [-0.25, -0.2) is 0 Å². The second-order valence-corrected chi connectivity index (χ2v) is 7.45. The summed E-state index contributed by atoms with van der Waals surface area (Å²) >= 11 is 0. The van der Waals surface area contributed by atoms with E-state index in [9.17, 15) is 32.9 Å². The van der Waals surface area contributed by atoms with Crippen LogP contribution in [0.2, 0.25) is 0 Å². The Labute approximate surface area is 175 Å². The van der Waals surface area contributed by atoms with E-state index < -0.39 is 28.5 Å². The summed E-state index contributed by atoms with van der Waals surface area (Å²) in [5.41, 5.74) is -0.924. The largest absolute Gasteiger partial charge is 0.416 e. The third-order valence-corrected chi connectivity index (χ3v) is 5.64. The van der Waals surface area contributed by atoms with Crippen molar-refractivity contribution >= 4 is 23.1 Å². The van der Waals surface area contributed by atoms with E-state index in [4.69, 9.17) is 0 Å². The van der Waals surface area contributed by atoms with E-state index in [1.165, 1.54) is 42.5 Å². The summed E-state index contributed by atoms with van der Waals surface area (Å²) in [5, 5.41) is 11.5. The van der Waals surface area contributed by atoms with Crippen molar-refractivity contribution in [1.82, 2.24) is 0 Å². The van der Waals surface area contributed by atoms with Gasteiger partial charge in [0.1, 0.15) is 5.69 Å². The van der Waals surface area contributed by atoms with Gasteiger partial charge in [0.2, 0.25) is 5.91 Å². The van der Waals surface area contributed by atoms with Gasteiger partial charge in [-0.1, -0.05) is 30.3 Å². The molecule has 0 aromatic heterocycles. The van der Waals surface area contributed by atoms with E-state index in [2.05, 4.69) is 0 Å². The number of nitro groups is 1. The maximum Gasteiger partial charge on any atom is 0.416 e. The van der Waals surface area contributed by atoms with Crippen molar-refractivity contribution in [3.8, 4) is 0 Å². The molecule has 2 aromatic rings. The first-order valence-electron chi connectivity index (χ1n) is 9.69. The number of amides is 1. The molecular weight excluding hydrogens is 413 g/mol. The van der Waals surface area contributed by atoms with Crippen molar-refractivity contribution in [2.75, 3.05) is 4.90 Å². The summed E-state index contributed by atoms with van der Waals surface area (Å²) in [6.07, 6.45) is -4.20. The fourth-order valence-corrected chi connectivity index (χ4v) is 4.40. The predicted octanol–water partition coefficient (Wildman–Crippen LogP) is 5.14. The molecule has 4 rings (SSSR count). The molecule has 1 aliphatic heterocycles. The number of hydrogen-bond donors (Lipinski definition) is 0. The van der Waals surface area contributed by atoms with Crippen LogP contribution in [0.25, 0.3) is 0 Å². The highest BCUT2D eigenvalue weighted by Gasteiger charge is 2.44. The lowest BCUT2D eigenvalue weighted by Gasteiger charge is -2.38. The quantitative estimate of drug-likeness (QED) is 0.499. The zero-order valence-corrected chi connectivity index (χ0v) is 16.2. The summed E-state index contributed by atoms with van der Waals surface area (Å²) in [4.78, 5) is 38.0. The summed E-state index contributed by atoms with van der Waals surface area (Å²) in [7, 11) is 0. The van der Waals surface area contributed by atoms with Crippen LogP contribution in [0.1, 0.15) is 42.7 Å². The van der Waals surface area contributed by atoms with Gasteiger partial charge in [-0.3, -0.25) is 24.6 Å². The number of hydrogen-bond acceptors (Lipinski definition) is 4. The molecule has 0 radical (unpaired) electrons. The SMILES string of the molecule is O=C1CCCC2=C1C(c1ccccc1C(F)(F)F)CC(=O)N2c1ccccc1[N+](=O)[O-]. The molecule has 0 bridgehead atoms. The zero-order valence-electron chi connectivity index (χ0n) is 16.2. The monoisotopic (exact) mass is 430 g/mol. The Kier molecular flexibility index (Phi) is 5.12. The standard InChI is InChI=1S/C22H17F3N2O4/c23-22(24,25)15-7-2-1-6-13(15)14-12-20(29)26(18-10-5-11-19(28)21(14)18)16-8-3-4-9-17(16)27(30)31/h1-4,6-9,14H,5,10-12H2. The first-order valence-corrected chi connectivity index (χ1v) is 9.69. The summed E-state index contributed by atoms with van der Waals surface area (Å²) in [6, 6.07) is 10.6. The maximum absolute atomic E-state index is 13.6. The molecule has 160 valence electrons. The van der Waals surface area contributed by atoms with Gasteiger partial charge in [0, 0.05) is 36.1 Å². The molecule has 1 atom stereocenters. The third kappa shape index (κ3) is 3.60. The Hall–Kier alpha value is -3.49. The van der Waals surface area contributed by atoms with E-state index in [0.717, 1.165) is 11.0 Å². The number of halogens is 3. The van der Waals surface area contributed by atoms with Crippen molar-refractivity contribution < 1.29 is 27.7 Å². The van der Waals surface area contributed by atoms with Gasteiger partial charge in [-0.2, -0.15) is 13.2 Å². The lowest BCUT2D eigenvalue weighted by atomic mass is 9.76. The van der Waals surface area contributed by atoms with E-state index in [-0.39, 0.29) is 53.3 Å². The van der Waals surface area contributed by atoms with Crippen molar-refractivity contribution in [1.29, 1.82) is 0 Å². The van der Waals surface area contributed by atoms with Crippen LogP contribution >= 0.6 is 0 Å². The molecule has 1 aliphatic carbocycles. The van der Waals surface area contributed by atoms with Crippen LogP contribution in [-0.4, -0.2) is 16.6 Å². The molecule has 0 fully saturated rings. The number of para-hydroxylation sites is 2. The van der Waals surface area contributed by atoms with Crippen LogP contribution in [0.3, 0.4) is 0 Å². The van der Waals surface area contributed by atoms with Gasteiger partial charge in [0.05, 0.1) is 10.5 Å². The molecular formula is C22H17F3N2O4. The van der Waals surface area contributed by atoms with Crippen LogP contribution in [0.15, 0.2) is 59.8 Å². The predicted molar refractivity (Wildman–Crippen MR) is 105 cm³/mol. The van der Waals surface area contributed by atoms with E-state index >= 15 is 0 Å². The maximum atomic E-state index is 13.6. The van der Waals surface area contributed by atoms with Crippen LogP contribution in [-0.2, 0) is 15.8 Å². The van der Waals surface area contributed by atoms with Crippen molar-refractivity contribution in [2.24, 2.45) is 0 Å². The number of carbonyl (C=O) groups is 2. The average molecular weight is 430 g/mol. The molecule has 0 spiro atoms. The second kappa shape index (κ2) is 7.64. The van der Waals surface area contributed by atoms with Gasteiger partial charge in [-0.15, -0.1) is 0 Å². The van der Waals surface area contributed by atoms with Crippen molar-refractivity contribution in [3.05, 3.63) is 81.0 Å². The Balaban J connectivity index is 1.93. The fourth-order valence-electron chi connectivity index (χ4n) is 4.40. The molecule has 6 nitrogen and oxygen atoms in total. The number of nitrogens with zero attached hydrogens (tertiary/aromatic N) is 2. The number of benzene rings is 2. The fraction of sp³-hybridized carbons (Fsp3) is 0.273. The smallest absolute Gasteiger partial charge is 0.294 e. The highest BCUT2D eigenvalue weighted by molar-refractivity contribution is 6.08. The average Bonchev–Trinajstić information content (AvgIpc) is 2.72. The molecule has 1 heterocycles. The van der Waals surface area contributed by atoms with Crippen LogP contribution in [0.4, 0.5) is 24.5 Å². The van der Waals surface area contributed by atoms with Gasteiger partial charge in [0.25, 0.3) is 5.69 Å². The summed E-state index contributed by atoms with van der Waals surface area (Å²) < 4.78 is 40.9. The molecule has 2 aliphatic rings. The molecule has 0 saturated carbocycles. The zero-order chi connectivity index (χ0) is 22.3. The number of carbonyl (C=O) groups excluding carboxylic acids is 2. The Bertz CT molecular complexity index is 1120. The molecule has 1 unspecified atom stereocenters. The topological polar surface area (TPSA) is 80.5 Å². The van der Waals surface area contributed by atoms with Crippen molar-refractivity contribution in [3.63, 3.8) is 0 Å². The lowest BCUT2D eigenvalue weighted by Crippen LogP contribution is -2.41. The van der Waals surface area contributed by atoms with E-state index in [1.807, 2.05) is 0 Å². The van der Waals surface area contributed by atoms with Gasteiger partial charge in [0.15, 0.2) is 5.78 Å². The van der Waals surface area contributed by atoms with Crippen molar-refractivity contribution in [2.45, 2.75) is 37.8 Å². The molecule has 31 heavy (non-hydrogen) atoms.